The van der Waals surface area contributed by atoms with E-state index >= 15 is 0 Å². The van der Waals surface area contributed by atoms with Gasteiger partial charge in [0.25, 0.3) is 0 Å². The van der Waals surface area contributed by atoms with E-state index in [2.05, 4.69) is 19.8 Å². The maximum atomic E-state index is 9.56. The van der Waals surface area contributed by atoms with Crippen molar-refractivity contribution in [3.63, 3.8) is 0 Å². The summed E-state index contributed by atoms with van der Waals surface area (Å²) >= 11 is 0. The van der Waals surface area contributed by atoms with Crippen molar-refractivity contribution in [1.82, 2.24) is 0 Å². The van der Waals surface area contributed by atoms with Crippen LogP contribution < -0.4 is 0 Å². The molecule has 0 spiro atoms. The van der Waals surface area contributed by atoms with E-state index in [9.17, 15) is 5.11 Å². The van der Waals surface area contributed by atoms with Crippen molar-refractivity contribution in [2.75, 3.05) is 0 Å². The summed E-state index contributed by atoms with van der Waals surface area (Å²) in [5.41, 5.74) is 2.05. The summed E-state index contributed by atoms with van der Waals surface area (Å²) < 4.78 is 0. The summed E-state index contributed by atoms with van der Waals surface area (Å²) in [5.74, 6) is 2.69. The van der Waals surface area contributed by atoms with Crippen molar-refractivity contribution in [3.8, 4) is 12.3 Å². The predicted octanol–water partition coefficient (Wildman–Crippen LogP) is 2.12. The molecule has 1 aliphatic carbocycles. The third kappa shape index (κ3) is 1.40. The molecule has 1 heteroatoms. The second-order valence-corrected chi connectivity index (χ2v) is 4.14. The van der Waals surface area contributed by atoms with E-state index in [4.69, 9.17) is 6.42 Å². The van der Waals surface area contributed by atoms with Crippen molar-refractivity contribution in [1.29, 1.82) is 0 Å². The molecule has 0 unspecified atom stereocenters. The van der Waals surface area contributed by atoms with Crippen LogP contribution in [0.5, 0.6) is 0 Å². The fourth-order valence-corrected chi connectivity index (χ4v) is 1.85. The third-order valence-corrected chi connectivity index (χ3v) is 2.76. The standard InChI is InChI=1S/C11H16O/c1-5-9-8(2)10(12)6-7-11(9,3)4/h1,10,12H,6-7H2,2-4H3/t10-/m1/s1. The van der Waals surface area contributed by atoms with Crippen molar-refractivity contribution in [2.45, 2.75) is 39.7 Å². The molecule has 0 saturated carbocycles. The summed E-state index contributed by atoms with van der Waals surface area (Å²) in [5, 5.41) is 9.56. The minimum absolute atomic E-state index is 0.0814. The number of aliphatic hydroxyl groups excluding tert-OH is 1. The molecule has 1 rings (SSSR count). The maximum Gasteiger partial charge on any atom is 0.0759 e. The first-order valence-electron chi connectivity index (χ1n) is 4.35. The van der Waals surface area contributed by atoms with Gasteiger partial charge in [-0.2, -0.15) is 0 Å². The normalized spacial score (nSPS) is 28.4. The topological polar surface area (TPSA) is 20.2 Å². The van der Waals surface area contributed by atoms with Crippen LogP contribution >= 0.6 is 0 Å². The fourth-order valence-electron chi connectivity index (χ4n) is 1.85. The molecule has 0 radical (unpaired) electrons. The molecule has 0 bridgehead atoms. The van der Waals surface area contributed by atoms with Crippen LogP contribution in [0.3, 0.4) is 0 Å². The molecule has 1 atom stereocenters. The first-order chi connectivity index (χ1) is 5.49. The van der Waals surface area contributed by atoms with Gasteiger partial charge in [-0.05, 0) is 30.8 Å². The highest BCUT2D eigenvalue weighted by atomic mass is 16.3. The lowest BCUT2D eigenvalue weighted by atomic mass is 9.72. The lowest BCUT2D eigenvalue weighted by molar-refractivity contribution is 0.163. The highest BCUT2D eigenvalue weighted by Crippen LogP contribution is 2.39. The summed E-state index contributed by atoms with van der Waals surface area (Å²) in [6, 6.07) is 0. The molecule has 0 amide bonds. The molecule has 12 heavy (non-hydrogen) atoms. The van der Waals surface area contributed by atoms with E-state index in [1.54, 1.807) is 0 Å². The van der Waals surface area contributed by atoms with Crippen LogP contribution in [0.25, 0.3) is 0 Å². The summed E-state index contributed by atoms with van der Waals surface area (Å²) in [6.45, 7) is 6.20. The van der Waals surface area contributed by atoms with Crippen molar-refractivity contribution < 1.29 is 5.11 Å². The summed E-state index contributed by atoms with van der Waals surface area (Å²) in [7, 11) is 0. The zero-order chi connectivity index (χ0) is 9.35. The Morgan fingerprint density at radius 2 is 2.17 bits per heavy atom. The number of terminal acetylenes is 1. The van der Waals surface area contributed by atoms with Crippen molar-refractivity contribution >= 4 is 0 Å². The average Bonchev–Trinajstić information content (AvgIpc) is 1.99. The SMILES string of the molecule is C#CC1=C(C)[C@H](O)CCC1(C)C. The Morgan fingerprint density at radius 1 is 1.58 bits per heavy atom. The van der Waals surface area contributed by atoms with E-state index in [0.717, 1.165) is 24.0 Å². The lowest BCUT2D eigenvalue weighted by Gasteiger charge is -2.33. The van der Waals surface area contributed by atoms with Gasteiger partial charge in [0.1, 0.15) is 0 Å². The van der Waals surface area contributed by atoms with Crippen LogP contribution in [0.15, 0.2) is 11.1 Å². The van der Waals surface area contributed by atoms with Gasteiger partial charge in [0.2, 0.25) is 0 Å². The number of hydrogen-bond donors (Lipinski definition) is 1. The number of aliphatic hydroxyl groups is 1. The Balaban J connectivity index is 3.12. The van der Waals surface area contributed by atoms with Gasteiger partial charge < -0.3 is 5.11 Å². The Labute approximate surface area is 74.5 Å². The second kappa shape index (κ2) is 2.95. The van der Waals surface area contributed by atoms with Crippen LogP contribution in [-0.2, 0) is 0 Å². The van der Waals surface area contributed by atoms with E-state index in [1.165, 1.54) is 0 Å². The number of hydrogen-bond acceptors (Lipinski definition) is 1. The molecular weight excluding hydrogens is 148 g/mol. The van der Waals surface area contributed by atoms with Gasteiger partial charge in [-0.1, -0.05) is 19.8 Å². The smallest absolute Gasteiger partial charge is 0.0759 e. The van der Waals surface area contributed by atoms with Gasteiger partial charge in [-0.25, -0.2) is 0 Å². The quantitative estimate of drug-likeness (QED) is 0.544. The average molecular weight is 164 g/mol. The zero-order valence-electron chi connectivity index (χ0n) is 8.02. The van der Waals surface area contributed by atoms with Crippen LogP contribution in [0.1, 0.15) is 33.6 Å². The molecule has 0 heterocycles. The van der Waals surface area contributed by atoms with Crippen LogP contribution in [0.2, 0.25) is 0 Å². The zero-order valence-corrected chi connectivity index (χ0v) is 8.02. The van der Waals surface area contributed by atoms with Gasteiger partial charge in [-0.15, -0.1) is 6.42 Å². The Morgan fingerprint density at radius 3 is 2.58 bits per heavy atom. The molecular formula is C11H16O. The van der Waals surface area contributed by atoms with Crippen molar-refractivity contribution in [3.05, 3.63) is 11.1 Å². The molecule has 0 fully saturated rings. The molecule has 1 nitrogen and oxygen atoms in total. The predicted molar refractivity (Wildman–Crippen MR) is 50.6 cm³/mol. The minimum atomic E-state index is -0.316. The lowest BCUT2D eigenvalue weighted by Crippen LogP contribution is -2.27. The summed E-state index contributed by atoms with van der Waals surface area (Å²) in [4.78, 5) is 0. The summed E-state index contributed by atoms with van der Waals surface area (Å²) in [6.07, 6.45) is 6.91. The van der Waals surface area contributed by atoms with E-state index in [-0.39, 0.29) is 11.5 Å². The van der Waals surface area contributed by atoms with Crippen LogP contribution in [-0.4, -0.2) is 11.2 Å². The molecule has 0 saturated heterocycles. The number of allylic oxidation sites excluding steroid dienone is 1. The monoisotopic (exact) mass is 164 g/mol. The van der Waals surface area contributed by atoms with Gasteiger partial charge in [0.15, 0.2) is 0 Å². The van der Waals surface area contributed by atoms with Crippen LogP contribution in [0, 0.1) is 17.8 Å². The first-order valence-corrected chi connectivity index (χ1v) is 4.35. The molecule has 66 valence electrons. The van der Waals surface area contributed by atoms with E-state index in [0.29, 0.717) is 0 Å². The van der Waals surface area contributed by atoms with E-state index in [1.807, 2.05) is 6.92 Å². The highest BCUT2D eigenvalue weighted by molar-refractivity contribution is 5.39. The molecule has 1 aliphatic rings. The molecule has 0 aliphatic heterocycles. The van der Waals surface area contributed by atoms with Crippen LogP contribution in [0.4, 0.5) is 0 Å². The Hall–Kier alpha value is -0.740. The largest absolute Gasteiger partial charge is 0.389 e. The molecule has 0 aromatic carbocycles. The van der Waals surface area contributed by atoms with Gasteiger partial charge in [0, 0.05) is 5.57 Å². The maximum absolute atomic E-state index is 9.56. The van der Waals surface area contributed by atoms with Crippen molar-refractivity contribution in [2.24, 2.45) is 5.41 Å². The minimum Gasteiger partial charge on any atom is -0.389 e. The Bertz CT molecular complexity index is 253. The third-order valence-electron chi connectivity index (χ3n) is 2.76. The molecule has 0 aromatic rings. The molecule has 1 N–H and O–H groups in total. The highest BCUT2D eigenvalue weighted by Gasteiger charge is 2.31. The van der Waals surface area contributed by atoms with E-state index < -0.39 is 0 Å². The number of rotatable bonds is 0. The van der Waals surface area contributed by atoms with Gasteiger partial charge >= 0.3 is 0 Å². The Kier molecular flexibility index (Phi) is 2.30. The van der Waals surface area contributed by atoms with Gasteiger partial charge in [0.05, 0.1) is 6.10 Å². The van der Waals surface area contributed by atoms with Gasteiger partial charge in [-0.3, -0.25) is 0 Å². The molecule has 0 aromatic heterocycles. The second-order valence-electron chi connectivity index (χ2n) is 4.14. The first kappa shape index (κ1) is 9.35. The fraction of sp³-hybridized carbons (Fsp3) is 0.636.